The van der Waals surface area contributed by atoms with Crippen LogP contribution < -0.4 is 10.3 Å². The van der Waals surface area contributed by atoms with Gasteiger partial charge in [0.1, 0.15) is 17.7 Å². The minimum atomic E-state index is -4.79. The fourth-order valence-corrected chi connectivity index (χ4v) is 4.83. The quantitative estimate of drug-likeness (QED) is 0.544. The van der Waals surface area contributed by atoms with Crippen LogP contribution in [0.5, 0.6) is 5.75 Å². The summed E-state index contributed by atoms with van der Waals surface area (Å²) < 4.78 is 47.2. The smallest absolute Gasteiger partial charge is 0.433 e. The number of ether oxygens (including phenoxy) is 1. The highest BCUT2D eigenvalue weighted by Crippen LogP contribution is 2.36. The number of H-pyrrole nitrogens is 1. The summed E-state index contributed by atoms with van der Waals surface area (Å²) in [4.78, 5) is 37.0. The monoisotopic (exact) mass is 513 g/mol. The van der Waals surface area contributed by atoms with E-state index >= 15 is 0 Å². The number of halogens is 3. The van der Waals surface area contributed by atoms with E-state index < -0.39 is 23.5 Å². The van der Waals surface area contributed by atoms with Gasteiger partial charge in [0.2, 0.25) is 0 Å². The van der Waals surface area contributed by atoms with Gasteiger partial charge in [0.15, 0.2) is 11.3 Å². The van der Waals surface area contributed by atoms with Gasteiger partial charge in [-0.1, -0.05) is 13.8 Å². The van der Waals surface area contributed by atoms with Crippen molar-refractivity contribution in [2.24, 2.45) is 17.8 Å². The normalized spacial score (nSPS) is 20.9. The molecule has 0 aliphatic carbocycles. The lowest BCUT2D eigenvalue weighted by Gasteiger charge is -2.38. The van der Waals surface area contributed by atoms with Gasteiger partial charge in [0.25, 0.3) is 11.5 Å². The number of alkyl halides is 3. The largest absolute Gasteiger partial charge is 0.486 e. The van der Waals surface area contributed by atoms with Crippen molar-refractivity contribution in [2.75, 3.05) is 13.1 Å². The molecular weight excluding hydrogens is 487 g/mol. The van der Waals surface area contributed by atoms with Gasteiger partial charge in [0, 0.05) is 24.2 Å². The Morgan fingerprint density at radius 2 is 1.81 bits per heavy atom. The number of aromatic amines is 1. The molecule has 1 amide bonds. The first-order chi connectivity index (χ1) is 17.4. The molecular formula is C26H26F3N5O3. The van der Waals surface area contributed by atoms with E-state index in [1.54, 1.807) is 17.0 Å². The number of carbonyl (C=O) groups is 1. The molecule has 194 valence electrons. The van der Waals surface area contributed by atoms with Gasteiger partial charge >= 0.3 is 6.18 Å². The number of pyridine rings is 1. The predicted molar refractivity (Wildman–Crippen MR) is 129 cm³/mol. The zero-order chi connectivity index (χ0) is 27.1. The van der Waals surface area contributed by atoms with Crippen LogP contribution >= 0.6 is 0 Å². The first kappa shape index (κ1) is 26.1. The molecule has 11 heteroatoms. The van der Waals surface area contributed by atoms with Gasteiger partial charge in [-0.15, -0.1) is 0 Å². The number of piperidine rings is 1. The third-order valence-corrected chi connectivity index (χ3v) is 6.64. The fraction of sp³-hybridized carbons (Fsp3) is 0.423. The van der Waals surface area contributed by atoms with Gasteiger partial charge in [-0.25, -0.2) is 9.97 Å². The number of nitrogens with zero attached hydrogens (tertiary/aromatic N) is 4. The number of benzene rings is 1. The number of likely N-dealkylation sites (tertiary alicyclic amines) is 1. The minimum absolute atomic E-state index is 0.0471. The van der Waals surface area contributed by atoms with Crippen LogP contribution in [0.25, 0.3) is 11.0 Å². The van der Waals surface area contributed by atoms with Crippen molar-refractivity contribution in [3.63, 3.8) is 0 Å². The zero-order valence-electron chi connectivity index (χ0n) is 20.8. The van der Waals surface area contributed by atoms with E-state index in [4.69, 9.17) is 4.74 Å². The molecule has 3 heterocycles. The van der Waals surface area contributed by atoms with Crippen LogP contribution in [0.2, 0.25) is 0 Å². The van der Waals surface area contributed by atoms with Crippen LogP contribution in [0.15, 0.2) is 35.1 Å². The van der Waals surface area contributed by atoms with E-state index in [0.717, 1.165) is 6.07 Å². The Kier molecular flexibility index (Phi) is 6.95. The number of fused-ring (bicyclic) bond motifs is 1. The Morgan fingerprint density at radius 3 is 2.38 bits per heavy atom. The summed E-state index contributed by atoms with van der Waals surface area (Å²) in [5.41, 5.74) is -1.97. The molecule has 0 saturated carbocycles. The van der Waals surface area contributed by atoms with E-state index in [-0.39, 0.29) is 51.8 Å². The van der Waals surface area contributed by atoms with E-state index in [1.165, 1.54) is 26.0 Å². The van der Waals surface area contributed by atoms with Crippen LogP contribution in [0.1, 0.15) is 54.3 Å². The molecule has 0 radical (unpaired) electrons. The number of nitrogens with one attached hydrogen (secondary N) is 1. The van der Waals surface area contributed by atoms with Crippen LogP contribution in [0.3, 0.4) is 0 Å². The van der Waals surface area contributed by atoms with Gasteiger partial charge in [-0.3, -0.25) is 9.59 Å². The molecule has 1 N–H and O–H groups in total. The highest BCUT2D eigenvalue weighted by atomic mass is 19.4. The lowest BCUT2D eigenvalue weighted by molar-refractivity contribution is -0.142. The third-order valence-electron chi connectivity index (χ3n) is 6.64. The van der Waals surface area contributed by atoms with Crippen molar-refractivity contribution in [2.45, 2.75) is 40.0 Å². The van der Waals surface area contributed by atoms with Gasteiger partial charge in [-0.05, 0) is 56.0 Å². The van der Waals surface area contributed by atoms with Crippen LogP contribution in [-0.2, 0) is 6.18 Å². The van der Waals surface area contributed by atoms with Gasteiger partial charge in [0.05, 0.1) is 17.4 Å². The molecule has 3 aromatic rings. The number of aromatic nitrogens is 3. The SMILES string of the molecule is Cc1nc2nc(C(F)(F)F)c([C@H](C)Oc3ccc(C(=O)N4C[C@@H](C)C(C#N)[C@@H](C)C4)cc3)cc2c(=O)[nH]1. The first-order valence-corrected chi connectivity index (χ1v) is 11.8. The number of carbonyl (C=O) groups excluding carboxylic acids is 1. The standard InChI is InChI=1S/C26H26F3N5O3/c1-13-11-34(12-14(2)21(13)10-30)25(36)17-5-7-18(8-6-17)37-15(3)19-9-20-23(31-16(4)32-24(20)35)33-22(19)26(27,28)29/h5-9,13-15,21H,11-12H2,1-4H3,(H,31,32,33,35)/t13-,14+,15-,21?/m0/s1. The molecule has 37 heavy (non-hydrogen) atoms. The number of rotatable bonds is 4. The molecule has 2 aromatic heterocycles. The van der Waals surface area contributed by atoms with Crippen molar-refractivity contribution >= 4 is 16.9 Å². The summed E-state index contributed by atoms with van der Waals surface area (Å²) in [6.07, 6.45) is -5.90. The molecule has 4 atom stereocenters. The lowest BCUT2D eigenvalue weighted by Crippen LogP contribution is -2.46. The summed E-state index contributed by atoms with van der Waals surface area (Å²) in [7, 11) is 0. The second-order valence-corrected chi connectivity index (χ2v) is 9.55. The summed E-state index contributed by atoms with van der Waals surface area (Å²) in [6.45, 7) is 7.72. The summed E-state index contributed by atoms with van der Waals surface area (Å²) in [6, 6.07) is 9.55. The minimum Gasteiger partial charge on any atom is -0.486 e. The van der Waals surface area contributed by atoms with Crippen LogP contribution in [0, 0.1) is 36.0 Å². The molecule has 1 unspecified atom stereocenters. The Morgan fingerprint density at radius 1 is 1.19 bits per heavy atom. The molecule has 1 aliphatic rings. The number of nitriles is 1. The predicted octanol–water partition coefficient (Wildman–Crippen LogP) is 4.65. The number of hydrogen-bond acceptors (Lipinski definition) is 6. The Labute approximate surface area is 211 Å². The highest BCUT2D eigenvalue weighted by molar-refractivity contribution is 5.94. The molecule has 8 nitrogen and oxygen atoms in total. The zero-order valence-corrected chi connectivity index (χ0v) is 20.8. The Hall–Kier alpha value is -3.94. The number of hydrogen-bond donors (Lipinski definition) is 1. The van der Waals surface area contributed by atoms with Crippen molar-refractivity contribution < 1.29 is 22.7 Å². The topological polar surface area (TPSA) is 112 Å². The average Bonchev–Trinajstić information content (AvgIpc) is 2.82. The molecule has 1 aliphatic heterocycles. The fourth-order valence-electron chi connectivity index (χ4n) is 4.83. The third kappa shape index (κ3) is 5.28. The molecule has 0 bridgehead atoms. The van der Waals surface area contributed by atoms with Gasteiger partial charge < -0.3 is 14.6 Å². The molecule has 4 rings (SSSR count). The molecule has 1 saturated heterocycles. The van der Waals surface area contributed by atoms with E-state index in [1.807, 2.05) is 13.8 Å². The summed E-state index contributed by atoms with van der Waals surface area (Å²) in [5.74, 6) is 0.204. The van der Waals surface area contributed by atoms with Crippen LogP contribution in [-0.4, -0.2) is 38.8 Å². The first-order valence-electron chi connectivity index (χ1n) is 11.8. The molecule has 0 spiro atoms. The number of aryl methyl sites for hydroxylation is 1. The second-order valence-electron chi connectivity index (χ2n) is 9.55. The summed E-state index contributed by atoms with van der Waals surface area (Å²) >= 11 is 0. The Balaban J connectivity index is 1.56. The number of amides is 1. The van der Waals surface area contributed by atoms with E-state index in [0.29, 0.717) is 18.7 Å². The van der Waals surface area contributed by atoms with Gasteiger partial charge in [-0.2, -0.15) is 18.4 Å². The second kappa shape index (κ2) is 9.84. The lowest BCUT2D eigenvalue weighted by atomic mass is 9.80. The highest BCUT2D eigenvalue weighted by Gasteiger charge is 2.38. The van der Waals surface area contributed by atoms with Crippen molar-refractivity contribution in [3.8, 4) is 11.8 Å². The maximum absolute atomic E-state index is 13.8. The van der Waals surface area contributed by atoms with E-state index in [2.05, 4.69) is 21.0 Å². The summed E-state index contributed by atoms with van der Waals surface area (Å²) in [5, 5.41) is 9.27. The molecule has 1 aromatic carbocycles. The van der Waals surface area contributed by atoms with Crippen molar-refractivity contribution in [1.82, 2.24) is 19.9 Å². The maximum atomic E-state index is 13.8. The maximum Gasteiger partial charge on any atom is 0.433 e. The van der Waals surface area contributed by atoms with Crippen molar-refractivity contribution in [3.05, 3.63) is 63.3 Å². The Bertz CT molecular complexity index is 1420. The van der Waals surface area contributed by atoms with E-state index in [9.17, 15) is 28.0 Å². The van der Waals surface area contributed by atoms with Crippen molar-refractivity contribution in [1.29, 1.82) is 5.26 Å². The molecule has 1 fully saturated rings. The van der Waals surface area contributed by atoms with Crippen LogP contribution in [0.4, 0.5) is 13.2 Å². The average molecular weight is 514 g/mol.